The number of carbonyl (C=O) groups is 1. The van der Waals surface area contributed by atoms with Crippen molar-refractivity contribution in [2.75, 3.05) is 0 Å². The van der Waals surface area contributed by atoms with Gasteiger partial charge in [0.25, 0.3) is 5.56 Å². The molecule has 162 valence electrons. The summed E-state index contributed by atoms with van der Waals surface area (Å²) in [7, 11) is 0. The van der Waals surface area contributed by atoms with Gasteiger partial charge in [-0.15, -0.1) is 0 Å². The molecule has 2 heterocycles. The normalized spacial score (nSPS) is 18.3. The number of benzene rings is 3. The number of hydrogen-bond acceptors (Lipinski definition) is 4. The summed E-state index contributed by atoms with van der Waals surface area (Å²) in [5.74, 6) is -0.302. The van der Waals surface area contributed by atoms with Gasteiger partial charge in [-0.3, -0.25) is 14.2 Å². The van der Waals surface area contributed by atoms with Gasteiger partial charge in [0.05, 0.1) is 16.3 Å². The van der Waals surface area contributed by atoms with Crippen LogP contribution in [-0.4, -0.2) is 10.4 Å². The molecule has 0 spiro atoms. The standard InChI is InChI=1S/C27H19FN2O2S/c28-18-9-3-6-16(14-18)15-23-26(32)30-25(20-11-4-8-17-7-1-2-10-19(17)20)24-21(29-27(30)33-23)12-5-13-22(24)31/h1-4,6-11,14-15,25H,5,12-13H2. The number of aromatic nitrogens is 1. The molecular formula is C27H19FN2O2S. The molecule has 4 aromatic rings. The molecule has 1 unspecified atom stereocenters. The summed E-state index contributed by atoms with van der Waals surface area (Å²) < 4.78 is 15.8. The van der Waals surface area contributed by atoms with E-state index in [1.54, 1.807) is 22.8 Å². The highest BCUT2D eigenvalue weighted by molar-refractivity contribution is 7.07. The van der Waals surface area contributed by atoms with Crippen LogP contribution in [-0.2, 0) is 4.79 Å². The quantitative estimate of drug-likeness (QED) is 0.455. The SMILES string of the molecule is O=C1CCCC2=C1C(c1cccc3ccccc13)n1c(sc(=Cc3cccc(F)c3)c1=O)=N2. The minimum atomic E-state index is -0.523. The third kappa shape index (κ3) is 3.29. The zero-order valence-corrected chi connectivity index (χ0v) is 18.4. The molecular weight excluding hydrogens is 435 g/mol. The molecule has 0 saturated heterocycles. The first-order valence-electron chi connectivity index (χ1n) is 10.9. The van der Waals surface area contributed by atoms with E-state index in [1.807, 2.05) is 42.5 Å². The Morgan fingerprint density at radius 3 is 2.70 bits per heavy atom. The molecule has 2 aliphatic rings. The second-order valence-electron chi connectivity index (χ2n) is 8.34. The molecule has 0 radical (unpaired) electrons. The molecule has 6 rings (SSSR count). The Morgan fingerprint density at radius 1 is 1.00 bits per heavy atom. The molecule has 1 atom stereocenters. The van der Waals surface area contributed by atoms with Crippen molar-refractivity contribution in [3.05, 3.63) is 115 Å². The van der Waals surface area contributed by atoms with Crippen LogP contribution in [0, 0.1) is 5.82 Å². The third-order valence-electron chi connectivity index (χ3n) is 6.29. The van der Waals surface area contributed by atoms with E-state index in [2.05, 4.69) is 0 Å². The highest BCUT2D eigenvalue weighted by atomic mass is 32.1. The smallest absolute Gasteiger partial charge is 0.271 e. The Morgan fingerprint density at radius 2 is 1.82 bits per heavy atom. The lowest BCUT2D eigenvalue weighted by atomic mass is 9.84. The first-order chi connectivity index (χ1) is 16.1. The Labute approximate surface area is 192 Å². The van der Waals surface area contributed by atoms with Gasteiger partial charge in [0, 0.05) is 12.0 Å². The van der Waals surface area contributed by atoms with Gasteiger partial charge in [-0.05, 0) is 52.9 Å². The first kappa shape index (κ1) is 20.0. The molecule has 1 aliphatic heterocycles. The fourth-order valence-electron chi connectivity index (χ4n) is 4.84. The number of allylic oxidation sites excluding steroid dienone is 2. The molecule has 33 heavy (non-hydrogen) atoms. The molecule has 6 heteroatoms. The van der Waals surface area contributed by atoms with Gasteiger partial charge in [-0.2, -0.15) is 0 Å². The van der Waals surface area contributed by atoms with E-state index in [1.165, 1.54) is 23.5 Å². The van der Waals surface area contributed by atoms with Gasteiger partial charge >= 0.3 is 0 Å². The summed E-state index contributed by atoms with van der Waals surface area (Å²) in [6.07, 6.45) is 3.64. The van der Waals surface area contributed by atoms with E-state index >= 15 is 0 Å². The third-order valence-corrected chi connectivity index (χ3v) is 7.28. The summed E-state index contributed by atoms with van der Waals surface area (Å²) >= 11 is 1.28. The van der Waals surface area contributed by atoms with E-state index in [9.17, 15) is 14.0 Å². The van der Waals surface area contributed by atoms with Crippen LogP contribution in [0.3, 0.4) is 0 Å². The summed E-state index contributed by atoms with van der Waals surface area (Å²) in [4.78, 5) is 32.1. The predicted octanol–water partition coefficient (Wildman–Crippen LogP) is 4.26. The van der Waals surface area contributed by atoms with Crippen LogP contribution in [0.1, 0.15) is 36.4 Å². The number of thiazole rings is 1. The molecule has 3 aromatic carbocycles. The van der Waals surface area contributed by atoms with Crippen molar-refractivity contribution >= 4 is 34.0 Å². The van der Waals surface area contributed by atoms with Crippen molar-refractivity contribution in [2.24, 2.45) is 4.99 Å². The summed E-state index contributed by atoms with van der Waals surface area (Å²) in [6, 6.07) is 19.6. The largest absolute Gasteiger partial charge is 0.294 e. The van der Waals surface area contributed by atoms with Crippen LogP contribution in [0.4, 0.5) is 4.39 Å². The number of ketones is 1. The van der Waals surface area contributed by atoms with Crippen molar-refractivity contribution in [3.63, 3.8) is 0 Å². The monoisotopic (exact) mass is 454 g/mol. The summed E-state index contributed by atoms with van der Waals surface area (Å²) in [5.41, 5.74) is 2.72. The molecule has 0 saturated carbocycles. The highest BCUT2D eigenvalue weighted by Gasteiger charge is 2.35. The first-order valence-corrected chi connectivity index (χ1v) is 11.7. The van der Waals surface area contributed by atoms with E-state index in [-0.39, 0.29) is 17.2 Å². The lowest BCUT2D eigenvalue weighted by molar-refractivity contribution is -0.116. The Bertz CT molecular complexity index is 1660. The fourth-order valence-corrected chi connectivity index (χ4v) is 5.86. The average molecular weight is 455 g/mol. The topological polar surface area (TPSA) is 51.4 Å². The highest BCUT2D eigenvalue weighted by Crippen LogP contribution is 2.38. The van der Waals surface area contributed by atoms with E-state index in [4.69, 9.17) is 4.99 Å². The van der Waals surface area contributed by atoms with Gasteiger partial charge in [0.15, 0.2) is 10.6 Å². The second-order valence-corrected chi connectivity index (χ2v) is 9.35. The number of hydrogen-bond donors (Lipinski definition) is 0. The number of carbonyl (C=O) groups excluding carboxylic acids is 1. The minimum absolute atomic E-state index is 0.0531. The van der Waals surface area contributed by atoms with Crippen molar-refractivity contribution in [1.29, 1.82) is 0 Å². The van der Waals surface area contributed by atoms with Gasteiger partial charge in [0.2, 0.25) is 0 Å². The Hall–Kier alpha value is -3.64. The molecule has 1 aromatic heterocycles. The zero-order valence-electron chi connectivity index (χ0n) is 17.6. The zero-order chi connectivity index (χ0) is 22.5. The average Bonchev–Trinajstić information content (AvgIpc) is 3.12. The van der Waals surface area contributed by atoms with Crippen molar-refractivity contribution in [1.82, 2.24) is 4.57 Å². The van der Waals surface area contributed by atoms with E-state index in [0.717, 1.165) is 34.9 Å². The van der Waals surface area contributed by atoms with Crippen LogP contribution in [0.5, 0.6) is 0 Å². The van der Waals surface area contributed by atoms with E-state index in [0.29, 0.717) is 26.9 Å². The summed E-state index contributed by atoms with van der Waals surface area (Å²) in [5, 5.41) is 2.07. The van der Waals surface area contributed by atoms with Crippen molar-refractivity contribution in [2.45, 2.75) is 25.3 Å². The fraction of sp³-hybridized carbons (Fsp3) is 0.148. The molecule has 4 nitrogen and oxygen atoms in total. The lowest BCUT2D eigenvalue weighted by Gasteiger charge is -2.29. The maximum Gasteiger partial charge on any atom is 0.271 e. The predicted molar refractivity (Wildman–Crippen MR) is 127 cm³/mol. The molecule has 0 fully saturated rings. The van der Waals surface area contributed by atoms with Crippen LogP contribution in [0.15, 0.2) is 87.8 Å². The molecule has 1 aliphatic carbocycles. The molecule has 0 N–H and O–H groups in total. The van der Waals surface area contributed by atoms with Crippen LogP contribution in [0.2, 0.25) is 0 Å². The maximum atomic E-state index is 13.7. The van der Waals surface area contributed by atoms with Crippen LogP contribution < -0.4 is 14.9 Å². The maximum absolute atomic E-state index is 13.7. The van der Waals surface area contributed by atoms with E-state index < -0.39 is 6.04 Å². The van der Waals surface area contributed by atoms with Gasteiger partial charge < -0.3 is 0 Å². The van der Waals surface area contributed by atoms with Crippen molar-refractivity contribution < 1.29 is 9.18 Å². The number of Topliss-reactive ketones (excluding diaryl/α,β-unsaturated/α-hetero) is 1. The number of fused-ring (bicyclic) bond motifs is 2. The van der Waals surface area contributed by atoms with Crippen LogP contribution in [0.25, 0.3) is 16.8 Å². The molecule has 0 amide bonds. The number of halogens is 1. The number of nitrogens with zero attached hydrogens (tertiary/aromatic N) is 2. The lowest BCUT2D eigenvalue weighted by Crippen LogP contribution is -2.40. The number of rotatable bonds is 2. The minimum Gasteiger partial charge on any atom is -0.294 e. The van der Waals surface area contributed by atoms with Gasteiger partial charge in [0.1, 0.15) is 5.82 Å². The molecule has 0 bridgehead atoms. The van der Waals surface area contributed by atoms with Crippen LogP contribution >= 0.6 is 11.3 Å². The van der Waals surface area contributed by atoms with Gasteiger partial charge in [-0.1, -0.05) is 65.9 Å². The summed E-state index contributed by atoms with van der Waals surface area (Å²) in [6.45, 7) is 0. The Kier molecular flexibility index (Phi) is 4.69. The van der Waals surface area contributed by atoms with Gasteiger partial charge in [-0.25, -0.2) is 9.38 Å². The second kappa shape index (κ2) is 7.74. The Balaban J connectivity index is 1.66. The van der Waals surface area contributed by atoms with Crippen molar-refractivity contribution in [3.8, 4) is 0 Å².